The van der Waals surface area contributed by atoms with Crippen LogP contribution in [0.4, 0.5) is 0 Å². The zero-order chi connectivity index (χ0) is 22.6. The number of rotatable bonds is 3. The maximum atomic E-state index is 13.3. The number of carbonyl (C=O) groups excluding carboxylic acids is 2. The summed E-state index contributed by atoms with van der Waals surface area (Å²) in [5.41, 5.74) is 6.01. The molecule has 33 heavy (non-hydrogen) atoms. The fourth-order valence-electron chi connectivity index (χ4n) is 5.52. The molecule has 1 aromatic heterocycles. The number of fused-ring (bicyclic) bond motifs is 3. The summed E-state index contributed by atoms with van der Waals surface area (Å²) >= 11 is 0. The monoisotopic (exact) mass is 445 g/mol. The lowest BCUT2D eigenvalue weighted by Gasteiger charge is -2.38. The zero-order valence-corrected chi connectivity index (χ0v) is 18.3. The van der Waals surface area contributed by atoms with E-state index in [1.807, 2.05) is 29.2 Å². The molecule has 1 aliphatic carbocycles. The van der Waals surface area contributed by atoms with Crippen molar-refractivity contribution in [3.05, 3.63) is 54.1 Å². The van der Waals surface area contributed by atoms with Crippen LogP contribution < -0.4 is 10.8 Å². The molecule has 3 aromatic rings. The second kappa shape index (κ2) is 7.71. The van der Waals surface area contributed by atoms with Crippen molar-refractivity contribution < 1.29 is 19.2 Å². The fraction of sp³-hybridized carbons (Fsp3) is 0.385. The number of carbonyl (C=O) groups is 2. The third-order valence-electron chi connectivity index (χ3n) is 7.69. The van der Waals surface area contributed by atoms with Crippen molar-refractivity contribution in [1.29, 1.82) is 0 Å². The number of amides is 2. The third kappa shape index (κ3) is 3.52. The number of hydroxylamine groups is 1. The summed E-state index contributed by atoms with van der Waals surface area (Å²) in [6, 6.07) is 13.7. The van der Waals surface area contributed by atoms with Gasteiger partial charge in [-0.05, 0) is 60.4 Å². The first-order valence-electron chi connectivity index (χ1n) is 11.6. The van der Waals surface area contributed by atoms with Gasteiger partial charge in [-0.3, -0.25) is 14.8 Å². The highest BCUT2D eigenvalue weighted by Gasteiger charge is 2.52. The maximum Gasteiger partial charge on any atom is 0.248 e. The third-order valence-corrected chi connectivity index (χ3v) is 7.69. The van der Waals surface area contributed by atoms with E-state index in [4.69, 9.17) is 4.42 Å². The standard InChI is InChI=1S/C26H27N3O4/c30-24(28-32)20-14-26(9-10-26)15-27-23(20)25(31)29-11-7-16(8-12-29)17-5-6-22-19(13-17)18-3-1-2-4-21(18)33-22/h1-7,13,20,23,27,32H,8-12,14-15H2,(H,28,30). The van der Waals surface area contributed by atoms with E-state index in [2.05, 4.69) is 29.6 Å². The van der Waals surface area contributed by atoms with Gasteiger partial charge in [-0.2, -0.15) is 0 Å². The number of benzene rings is 2. The summed E-state index contributed by atoms with van der Waals surface area (Å²) in [5, 5.41) is 14.7. The predicted octanol–water partition coefficient (Wildman–Crippen LogP) is 3.47. The Kier molecular flexibility index (Phi) is 4.78. The van der Waals surface area contributed by atoms with Crippen molar-refractivity contribution in [3.8, 4) is 0 Å². The molecule has 0 radical (unpaired) electrons. The molecule has 2 aromatic carbocycles. The molecule has 6 rings (SSSR count). The molecule has 1 saturated heterocycles. The molecule has 3 N–H and O–H groups in total. The molecule has 1 spiro atoms. The molecule has 2 unspecified atom stereocenters. The van der Waals surface area contributed by atoms with E-state index >= 15 is 0 Å². The Labute approximate surface area is 191 Å². The van der Waals surface area contributed by atoms with Gasteiger partial charge in [-0.25, -0.2) is 5.48 Å². The Hall–Kier alpha value is -3.16. The summed E-state index contributed by atoms with van der Waals surface area (Å²) in [6.45, 7) is 1.87. The molecular weight excluding hydrogens is 418 g/mol. The number of nitrogens with zero attached hydrogens (tertiary/aromatic N) is 1. The van der Waals surface area contributed by atoms with Crippen LogP contribution >= 0.6 is 0 Å². The highest BCUT2D eigenvalue weighted by Crippen LogP contribution is 2.52. The second-order valence-electron chi connectivity index (χ2n) is 9.72. The number of furan rings is 1. The van der Waals surface area contributed by atoms with E-state index in [-0.39, 0.29) is 11.3 Å². The first-order valence-corrected chi connectivity index (χ1v) is 11.6. The Morgan fingerprint density at radius 1 is 1.12 bits per heavy atom. The van der Waals surface area contributed by atoms with Crippen molar-refractivity contribution in [2.75, 3.05) is 19.6 Å². The summed E-state index contributed by atoms with van der Waals surface area (Å²) in [5.74, 6) is -1.08. The largest absolute Gasteiger partial charge is 0.456 e. The van der Waals surface area contributed by atoms with Gasteiger partial charge in [0.1, 0.15) is 11.2 Å². The van der Waals surface area contributed by atoms with E-state index in [0.29, 0.717) is 19.5 Å². The summed E-state index contributed by atoms with van der Waals surface area (Å²) in [7, 11) is 0. The first-order chi connectivity index (χ1) is 16.1. The lowest BCUT2D eigenvalue weighted by atomic mass is 9.81. The molecule has 1 saturated carbocycles. The van der Waals surface area contributed by atoms with Gasteiger partial charge in [-0.15, -0.1) is 0 Å². The molecule has 3 heterocycles. The number of hydrogen-bond acceptors (Lipinski definition) is 5. The average Bonchev–Trinajstić information content (AvgIpc) is 3.51. The molecule has 0 bridgehead atoms. The van der Waals surface area contributed by atoms with Crippen LogP contribution in [0.3, 0.4) is 0 Å². The summed E-state index contributed by atoms with van der Waals surface area (Å²) in [4.78, 5) is 27.4. The van der Waals surface area contributed by atoms with Crippen LogP contribution in [0, 0.1) is 11.3 Å². The fourth-order valence-corrected chi connectivity index (χ4v) is 5.52. The first kappa shape index (κ1) is 20.4. The minimum absolute atomic E-state index is 0.0642. The number of hydrogen-bond donors (Lipinski definition) is 3. The minimum atomic E-state index is -0.591. The molecule has 2 atom stereocenters. The molecule has 2 fully saturated rings. The molecule has 7 nitrogen and oxygen atoms in total. The van der Waals surface area contributed by atoms with Crippen molar-refractivity contribution in [1.82, 2.24) is 15.7 Å². The molecule has 2 aliphatic heterocycles. The van der Waals surface area contributed by atoms with Crippen LogP contribution in [0.15, 0.2) is 53.0 Å². The minimum Gasteiger partial charge on any atom is -0.456 e. The smallest absolute Gasteiger partial charge is 0.248 e. The Morgan fingerprint density at radius 2 is 1.94 bits per heavy atom. The lowest BCUT2D eigenvalue weighted by Crippen LogP contribution is -2.59. The van der Waals surface area contributed by atoms with E-state index in [1.165, 1.54) is 5.57 Å². The van der Waals surface area contributed by atoms with Crippen LogP contribution in [0.2, 0.25) is 0 Å². The predicted molar refractivity (Wildman–Crippen MR) is 124 cm³/mol. The molecule has 3 aliphatic rings. The van der Waals surface area contributed by atoms with Crippen molar-refractivity contribution in [2.45, 2.75) is 31.7 Å². The molecule has 2 amide bonds. The SMILES string of the molecule is O=C(NO)C1CC2(CC2)CNC1C(=O)N1CC=C(c2ccc3oc4ccccc4c3c2)CC1. The van der Waals surface area contributed by atoms with Crippen molar-refractivity contribution in [2.24, 2.45) is 11.3 Å². The normalized spacial score (nSPS) is 24.2. The van der Waals surface area contributed by atoms with Gasteiger partial charge in [0.2, 0.25) is 11.8 Å². The zero-order valence-electron chi connectivity index (χ0n) is 18.3. The molecule has 7 heteroatoms. The Balaban J connectivity index is 1.21. The maximum absolute atomic E-state index is 13.3. The number of para-hydroxylation sites is 1. The number of nitrogens with one attached hydrogen (secondary N) is 2. The van der Waals surface area contributed by atoms with Crippen LogP contribution in [0.5, 0.6) is 0 Å². The van der Waals surface area contributed by atoms with Crippen molar-refractivity contribution in [3.63, 3.8) is 0 Å². The molecule has 170 valence electrons. The van der Waals surface area contributed by atoms with Gasteiger partial charge in [0.05, 0.1) is 12.0 Å². The van der Waals surface area contributed by atoms with E-state index < -0.39 is 17.9 Å². The van der Waals surface area contributed by atoms with E-state index in [1.54, 1.807) is 5.48 Å². The van der Waals surface area contributed by atoms with Gasteiger partial charge in [0.15, 0.2) is 0 Å². The van der Waals surface area contributed by atoms with Gasteiger partial charge < -0.3 is 14.6 Å². The summed E-state index contributed by atoms with van der Waals surface area (Å²) < 4.78 is 5.94. The van der Waals surface area contributed by atoms with Crippen LogP contribution in [0.25, 0.3) is 27.5 Å². The Morgan fingerprint density at radius 3 is 2.70 bits per heavy atom. The van der Waals surface area contributed by atoms with Gasteiger partial charge in [0.25, 0.3) is 0 Å². The second-order valence-corrected chi connectivity index (χ2v) is 9.72. The van der Waals surface area contributed by atoms with Crippen LogP contribution in [0.1, 0.15) is 31.2 Å². The van der Waals surface area contributed by atoms with Crippen LogP contribution in [-0.2, 0) is 9.59 Å². The quantitative estimate of drug-likeness (QED) is 0.424. The topological polar surface area (TPSA) is 94.8 Å². The van der Waals surface area contributed by atoms with Crippen molar-refractivity contribution >= 4 is 39.3 Å². The average molecular weight is 446 g/mol. The summed E-state index contributed by atoms with van der Waals surface area (Å²) in [6.07, 6.45) is 5.65. The molecular formula is C26H27N3O4. The lowest BCUT2D eigenvalue weighted by molar-refractivity contribution is -0.144. The highest BCUT2D eigenvalue weighted by molar-refractivity contribution is 6.05. The van der Waals surface area contributed by atoms with Gasteiger partial charge >= 0.3 is 0 Å². The number of piperidine rings is 1. The van der Waals surface area contributed by atoms with E-state index in [9.17, 15) is 14.8 Å². The Bertz CT molecular complexity index is 1290. The van der Waals surface area contributed by atoms with Gasteiger partial charge in [-0.1, -0.05) is 30.3 Å². The highest BCUT2D eigenvalue weighted by atomic mass is 16.5. The van der Waals surface area contributed by atoms with E-state index in [0.717, 1.165) is 53.3 Å². The van der Waals surface area contributed by atoms with Crippen LogP contribution in [-0.4, -0.2) is 47.6 Å². The van der Waals surface area contributed by atoms with Gasteiger partial charge in [0, 0.05) is 30.4 Å².